The fourth-order valence-corrected chi connectivity index (χ4v) is 1.69. The van der Waals surface area contributed by atoms with Crippen LogP contribution < -0.4 is 11.1 Å². The smallest absolute Gasteiger partial charge is 0.229 e. The van der Waals surface area contributed by atoms with Crippen LogP contribution in [0.3, 0.4) is 0 Å². The lowest BCUT2D eigenvalue weighted by molar-refractivity contribution is -0.119. The standard InChI is InChI=1S/C8H10Br2N4O/c1-4(2-11)8(15)14-7-6(10)13-5(9)3-12-7/h3-4H,2,11H2,1H3,(H,12,14,15). The normalized spacial score (nSPS) is 12.3. The van der Waals surface area contributed by atoms with Crippen molar-refractivity contribution in [2.75, 3.05) is 11.9 Å². The first-order valence-electron chi connectivity index (χ1n) is 4.23. The number of rotatable bonds is 3. The van der Waals surface area contributed by atoms with Gasteiger partial charge in [-0.2, -0.15) is 0 Å². The van der Waals surface area contributed by atoms with Gasteiger partial charge in [-0.15, -0.1) is 0 Å². The quantitative estimate of drug-likeness (QED) is 0.876. The molecule has 1 aromatic rings. The number of nitrogens with two attached hydrogens (primary N) is 1. The zero-order valence-electron chi connectivity index (χ0n) is 8.00. The van der Waals surface area contributed by atoms with Crippen molar-refractivity contribution >= 4 is 43.6 Å². The van der Waals surface area contributed by atoms with Crippen LogP contribution in [0.25, 0.3) is 0 Å². The largest absolute Gasteiger partial charge is 0.330 e. The van der Waals surface area contributed by atoms with Gasteiger partial charge >= 0.3 is 0 Å². The molecule has 3 N–H and O–H groups in total. The summed E-state index contributed by atoms with van der Waals surface area (Å²) in [6, 6.07) is 0. The molecular weight excluding hydrogens is 328 g/mol. The third-order valence-electron chi connectivity index (χ3n) is 1.74. The van der Waals surface area contributed by atoms with Crippen LogP contribution in [0, 0.1) is 5.92 Å². The molecule has 7 heteroatoms. The lowest BCUT2D eigenvalue weighted by atomic mass is 10.2. The van der Waals surface area contributed by atoms with Gasteiger partial charge in [0, 0.05) is 12.5 Å². The van der Waals surface area contributed by atoms with Gasteiger partial charge in [-0.25, -0.2) is 9.97 Å². The molecular formula is C8H10Br2N4O. The van der Waals surface area contributed by atoms with E-state index in [9.17, 15) is 4.79 Å². The van der Waals surface area contributed by atoms with Gasteiger partial charge in [-0.1, -0.05) is 6.92 Å². The second kappa shape index (κ2) is 5.53. The van der Waals surface area contributed by atoms with Gasteiger partial charge in [0.15, 0.2) is 5.82 Å². The van der Waals surface area contributed by atoms with E-state index >= 15 is 0 Å². The predicted octanol–water partition coefficient (Wildman–Crippen LogP) is 1.53. The lowest BCUT2D eigenvalue weighted by Gasteiger charge is -2.09. The molecule has 0 aliphatic carbocycles. The summed E-state index contributed by atoms with van der Waals surface area (Å²) in [5, 5.41) is 2.63. The molecule has 0 bridgehead atoms. The van der Waals surface area contributed by atoms with E-state index in [-0.39, 0.29) is 11.8 Å². The highest BCUT2D eigenvalue weighted by Gasteiger charge is 2.13. The number of hydrogen-bond donors (Lipinski definition) is 2. The van der Waals surface area contributed by atoms with Crippen LogP contribution in [0.2, 0.25) is 0 Å². The number of carbonyl (C=O) groups excluding carboxylic acids is 1. The van der Waals surface area contributed by atoms with Gasteiger partial charge in [0.25, 0.3) is 0 Å². The SMILES string of the molecule is CC(CN)C(=O)Nc1ncc(Br)nc1Br. The number of hydrogen-bond acceptors (Lipinski definition) is 4. The van der Waals surface area contributed by atoms with E-state index in [0.717, 1.165) is 0 Å². The Morgan fingerprint density at radius 1 is 1.67 bits per heavy atom. The maximum atomic E-state index is 11.5. The third kappa shape index (κ3) is 3.51. The summed E-state index contributed by atoms with van der Waals surface area (Å²) in [4.78, 5) is 19.5. The molecule has 0 fully saturated rings. The first-order chi connectivity index (χ1) is 7.04. The van der Waals surface area contributed by atoms with Crippen molar-refractivity contribution < 1.29 is 4.79 Å². The highest BCUT2D eigenvalue weighted by Crippen LogP contribution is 2.19. The molecule has 1 unspecified atom stereocenters. The molecule has 0 aromatic carbocycles. The average molecular weight is 338 g/mol. The van der Waals surface area contributed by atoms with Gasteiger partial charge in [0.05, 0.1) is 6.20 Å². The number of nitrogens with one attached hydrogen (secondary N) is 1. The molecule has 82 valence electrons. The number of amides is 1. The fourth-order valence-electron chi connectivity index (χ4n) is 0.777. The number of carbonyl (C=O) groups is 1. The Hall–Kier alpha value is -0.530. The van der Waals surface area contributed by atoms with Crippen molar-refractivity contribution in [2.24, 2.45) is 11.7 Å². The first-order valence-corrected chi connectivity index (χ1v) is 5.82. The van der Waals surface area contributed by atoms with Gasteiger partial charge in [0.1, 0.15) is 9.21 Å². The van der Waals surface area contributed by atoms with E-state index in [1.807, 2.05) is 0 Å². The van der Waals surface area contributed by atoms with Gasteiger partial charge in [0.2, 0.25) is 5.91 Å². The van der Waals surface area contributed by atoms with Crippen molar-refractivity contribution in [3.05, 3.63) is 15.4 Å². The Balaban J connectivity index is 2.77. The highest BCUT2D eigenvalue weighted by atomic mass is 79.9. The maximum absolute atomic E-state index is 11.5. The van der Waals surface area contributed by atoms with Crippen molar-refractivity contribution in [1.82, 2.24) is 9.97 Å². The Morgan fingerprint density at radius 3 is 2.87 bits per heavy atom. The fraction of sp³-hybridized carbons (Fsp3) is 0.375. The summed E-state index contributed by atoms with van der Waals surface area (Å²) >= 11 is 6.37. The molecule has 0 saturated heterocycles. The summed E-state index contributed by atoms with van der Waals surface area (Å²) in [7, 11) is 0. The minimum Gasteiger partial charge on any atom is -0.330 e. The van der Waals surface area contributed by atoms with E-state index in [0.29, 0.717) is 21.6 Å². The minimum absolute atomic E-state index is 0.171. The van der Waals surface area contributed by atoms with Crippen LogP contribution >= 0.6 is 31.9 Å². The zero-order valence-corrected chi connectivity index (χ0v) is 11.2. The van der Waals surface area contributed by atoms with Gasteiger partial charge in [-0.05, 0) is 31.9 Å². The van der Waals surface area contributed by atoms with E-state index in [4.69, 9.17) is 5.73 Å². The minimum atomic E-state index is -0.248. The Morgan fingerprint density at radius 2 is 2.33 bits per heavy atom. The van der Waals surface area contributed by atoms with E-state index in [1.165, 1.54) is 6.20 Å². The molecule has 1 amide bonds. The molecule has 0 radical (unpaired) electrons. The van der Waals surface area contributed by atoms with Crippen LogP contribution in [0.15, 0.2) is 15.4 Å². The molecule has 0 aliphatic rings. The van der Waals surface area contributed by atoms with Crippen molar-refractivity contribution in [3.63, 3.8) is 0 Å². The van der Waals surface area contributed by atoms with E-state index in [1.54, 1.807) is 6.92 Å². The van der Waals surface area contributed by atoms with Crippen LogP contribution in [-0.4, -0.2) is 22.4 Å². The van der Waals surface area contributed by atoms with Crippen LogP contribution in [-0.2, 0) is 4.79 Å². The Labute approximate surface area is 104 Å². The van der Waals surface area contributed by atoms with Crippen LogP contribution in [0.1, 0.15) is 6.92 Å². The van der Waals surface area contributed by atoms with E-state index in [2.05, 4.69) is 47.1 Å². The maximum Gasteiger partial charge on any atom is 0.229 e. The lowest BCUT2D eigenvalue weighted by Crippen LogP contribution is -2.27. The molecule has 15 heavy (non-hydrogen) atoms. The molecule has 0 aliphatic heterocycles. The molecule has 1 atom stereocenters. The molecule has 1 aromatic heterocycles. The average Bonchev–Trinajstić information content (AvgIpc) is 2.20. The third-order valence-corrected chi connectivity index (χ3v) is 2.68. The summed E-state index contributed by atoms with van der Waals surface area (Å²) in [5.74, 6) is -0.0272. The van der Waals surface area contributed by atoms with Crippen molar-refractivity contribution in [1.29, 1.82) is 0 Å². The molecule has 5 nitrogen and oxygen atoms in total. The topological polar surface area (TPSA) is 80.9 Å². The number of aromatic nitrogens is 2. The Bertz CT molecular complexity index is 372. The molecule has 0 spiro atoms. The van der Waals surface area contributed by atoms with Crippen LogP contribution in [0.5, 0.6) is 0 Å². The first kappa shape index (κ1) is 12.5. The number of anilines is 1. The summed E-state index contributed by atoms with van der Waals surface area (Å²) < 4.78 is 1.08. The van der Waals surface area contributed by atoms with Crippen LogP contribution in [0.4, 0.5) is 5.82 Å². The summed E-state index contributed by atoms with van der Waals surface area (Å²) in [5.41, 5.74) is 5.37. The monoisotopic (exact) mass is 336 g/mol. The highest BCUT2D eigenvalue weighted by molar-refractivity contribution is 9.11. The molecule has 1 heterocycles. The Kier molecular flexibility index (Phi) is 4.62. The summed E-state index contributed by atoms with van der Waals surface area (Å²) in [6.45, 7) is 2.04. The number of nitrogens with zero attached hydrogens (tertiary/aromatic N) is 2. The van der Waals surface area contributed by atoms with Gasteiger partial charge < -0.3 is 11.1 Å². The second-order valence-electron chi connectivity index (χ2n) is 2.96. The van der Waals surface area contributed by atoms with Gasteiger partial charge in [-0.3, -0.25) is 4.79 Å². The molecule has 0 saturated carbocycles. The molecule has 1 rings (SSSR count). The predicted molar refractivity (Wildman–Crippen MR) is 64.3 cm³/mol. The second-order valence-corrected chi connectivity index (χ2v) is 4.52. The van der Waals surface area contributed by atoms with Crippen molar-refractivity contribution in [3.8, 4) is 0 Å². The van der Waals surface area contributed by atoms with Crippen molar-refractivity contribution in [2.45, 2.75) is 6.92 Å². The van der Waals surface area contributed by atoms with E-state index < -0.39 is 0 Å². The summed E-state index contributed by atoms with van der Waals surface area (Å²) in [6.07, 6.45) is 1.51. The number of halogens is 2. The zero-order chi connectivity index (χ0) is 11.4.